The van der Waals surface area contributed by atoms with Crippen LogP contribution in [-0.2, 0) is 0 Å². The highest BCUT2D eigenvalue weighted by molar-refractivity contribution is 6.36. The maximum Gasteiger partial charge on any atom is 0.231 e. The quantitative estimate of drug-likeness (QED) is 0.850. The molecule has 3 heterocycles. The summed E-state index contributed by atoms with van der Waals surface area (Å²) in [6.45, 7) is 3.51. The molecule has 106 valence electrons. The second-order valence-electron chi connectivity index (χ2n) is 4.92. The molecule has 0 N–H and O–H groups in total. The molecule has 0 aliphatic carbocycles. The second kappa shape index (κ2) is 5.58. The van der Waals surface area contributed by atoms with Crippen molar-refractivity contribution in [1.29, 1.82) is 0 Å². The van der Waals surface area contributed by atoms with Crippen molar-refractivity contribution in [3.05, 3.63) is 34.0 Å². The average molecular weight is 313 g/mol. The van der Waals surface area contributed by atoms with Crippen LogP contribution in [0.1, 0.15) is 30.5 Å². The Morgan fingerprint density at radius 1 is 1.40 bits per heavy atom. The Labute approximate surface area is 126 Å². The Morgan fingerprint density at radius 2 is 2.25 bits per heavy atom. The van der Waals surface area contributed by atoms with Crippen LogP contribution in [0.3, 0.4) is 0 Å². The lowest BCUT2D eigenvalue weighted by atomic mass is 9.98. The highest BCUT2D eigenvalue weighted by Gasteiger charge is 2.27. The van der Waals surface area contributed by atoms with E-state index in [1.165, 1.54) is 0 Å². The van der Waals surface area contributed by atoms with Crippen LogP contribution in [0.25, 0.3) is 0 Å². The van der Waals surface area contributed by atoms with Crippen LogP contribution in [0, 0.1) is 6.92 Å². The fourth-order valence-corrected chi connectivity index (χ4v) is 2.99. The SMILES string of the molecule is Cc1noc(C2CCCN(c3ncc(Cl)cc3Cl)C2)n1. The zero-order valence-electron chi connectivity index (χ0n) is 11.0. The van der Waals surface area contributed by atoms with Gasteiger partial charge < -0.3 is 9.42 Å². The van der Waals surface area contributed by atoms with Crippen LogP contribution in [-0.4, -0.2) is 28.2 Å². The standard InChI is InChI=1S/C13H14Cl2N4O/c1-8-17-13(20-18-8)9-3-2-4-19(7-9)12-11(15)5-10(14)6-16-12/h5-6,9H,2-4,7H2,1H3. The van der Waals surface area contributed by atoms with Crippen LogP contribution in [0.4, 0.5) is 5.82 Å². The molecular weight excluding hydrogens is 299 g/mol. The topological polar surface area (TPSA) is 55.1 Å². The predicted molar refractivity (Wildman–Crippen MR) is 77.5 cm³/mol. The fourth-order valence-electron chi connectivity index (χ4n) is 2.49. The second-order valence-corrected chi connectivity index (χ2v) is 5.77. The lowest BCUT2D eigenvalue weighted by Crippen LogP contribution is -2.35. The van der Waals surface area contributed by atoms with Gasteiger partial charge in [0.2, 0.25) is 5.89 Å². The maximum absolute atomic E-state index is 6.22. The summed E-state index contributed by atoms with van der Waals surface area (Å²) in [6.07, 6.45) is 3.68. The van der Waals surface area contributed by atoms with E-state index in [1.807, 2.05) is 6.92 Å². The number of hydrogen-bond donors (Lipinski definition) is 0. The van der Waals surface area contributed by atoms with Gasteiger partial charge in [-0.3, -0.25) is 0 Å². The smallest absolute Gasteiger partial charge is 0.231 e. The molecule has 20 heavy (non-hydrogen) atoms. The number of anilines is 1. The van der Waals surface area contributed by atoms with E-state index in [2.05, 4.69) is 20.0 Å². The minimum atomic E-state index is 0.221. The van der Waals surface area contributed by atoms with E-state index in [1.54, 1.807) is 12.3 Å². The van der Waals surface area contributed by atoms with Gasteiger partial charge in [0.05, 0.1) is 16.0 Å². The van der Waals surface area contributed by atoms with Gasteiger partial charge in [0.15, 0.2) is 5.82 Å². The first kappa shape index (κ1) is 13.6. The van der Waals surface area contributed by atoms with Crippen molar-refractivity contribution in [3.8, 4) is 0 Å². The lowest BCUT2D eigenvalue weighted by Gasteiger charge is -2.32. The summed E-state index contributed by atoms with van der Waals surface area (Å²) in [5.41, 5.74) is 0. The first-order valence-electron chi connectivity index (χ1n) is 6.49. The zero-order chi connectivity index (χ0) is 14.1. The molecule has 2 aromatic heterocycles. The van der Waals surface area contributed by atoms with Crippen LogP contribution < -0.4 is 4.90 Å². The molecule has 0 saturated carbocycles. The minimum Gasteiger partial charge on any atom is -0.355 e. The molecule has 3 rings (SSSR count). The summed E-state index contributed by atoms with van der Waals surface area (Å²) in [6, 6.07) is 1.71. The van der Waals surface area contributed by atoms with Gasteiger partial charge in [-0.15, -0.1) is 0 Å². The monoisotopic (exact) mass is 312 g/mol. The lowest BCUT2D eigenvalue weighted by molar-refractivity contribution is 0.331. The number of nitrogens with zero attached hydrogens (tertiary/aromatic N) is 4. The van der Waals surface area contributed by atoms with E-state index in [-0.39, 0.29) is 5.92 Å². The molecule has 1 aliphatic heterocycles. The molecule has 0 amide bonds. The summed E-state index contributed by atoms with van der Waals surface area (Å²) >= 11 is 12.1. The summed E-state index contributed by atoms with van der Waals surface area (Å²) < 4.78 is 5.28. The Bertz CT molecular complexity index is 616. The first-order valence-corrected chi connectivity index (χ1v) is 7.25. The van der Waals surface area contributed by atoms with E-state index in [4.69, 9.17) is 27.7 Å². The number of piperidine rings is 1. The van der Waals surface area contributed by atoms with Crippen molar-refractivity contribution in [1.82, 2.24) is 15.1 Å². The zero-order valence-corrected chi connectivity index (χ0v) is 12.5. The summed E-state index contributed by atoms with van der Waals surface area (Å²) in [5.74, 6) is 2.34. The molecule has 0 spiro atoms. The van der Waals surface area contributed by atoms with Crippen LogP contribution in [0.2, 0.25) is 10.0 Å². The predicted octanol–water partition coefficient (Wildman–Crippen LogP) is 3.46. The van der Waals surface area contributed by atoms with E-state index in [0.29, 0.717) is 21.8 Å². The largest absolute Gasteiger partial charge is 0.355 e. The van der Waals surface area contributed by atoms with Gasteiger partial charge in [0.25, 0.3) is 0 Å². The van der Waals surface area contributed by atoms with E-state index >= 15 is 0 Å². The van der Waals surface area contributed by atoms with Crippen molar-refractivity contribution in [2.24, 2.45) is 0 Å². The minimum absolute atomic E-state index is 0.221. The van der Waals surface area contributed by atoms with Gasteiger partial charge in [-0.25, -0.2) is 4.98 Å². The van der Waals surface area contributed by atoms with Gasteiger partial charge in [0, 0.05) is 19.3 Å². The van der Waals surface area contributed by atoms with Crippen LogP contribution in [0.15, 0.2) is 16.8 Å². The van der Waals surface area contributed by atoms with Crippen LogP contribution in [0.5, 0.6) is 0 Å². The highest BCUT2D eigenvalue weighted by atomic mass is 35.5. The van der Waals surface area contributed by atoms with Gasteiger partial charge in [-0.1, -0.05) is 28.4 Å². The Hall–Kier alpha value is -1.33. The highest BCUT2D eigenvalue weighted by Crippen LogP contribution is 2.32. The van der Waals surface area contributed by atoms with Crippen LogP contribution >= 0.6 is 23.2 Å². The number of hydrogen-bond acceptors (Lipinski definition) is 5. The van der Waals surface area contributed by atoms with Gasteiger partial charge in [-0.2, -0.15) is 4.98 Å². The Morgan fingerprint density at radius 3 is 2.95 bits per heavy atom. The van der Waals surface area contributed by atoms with Crippen molar-refractivity contribution >= 4 is 29.0 Å². The fraction of sp³-hybridized carbons (Fsp3) is 0.462. The Balaban J connectivity index is 1.81. The van der Waals surface area contributed by atoms with E-state index in [0.717, 1.165) is 31.7 Å². The summed E-state index contributed by atoms with van der Waals surface area (Å²) in [4.78, 5) is 10.8. The number of halogens is 2. The van der Waals surface area contributed by atoms with Crippen molar-refractivity contribution in [2.45, 2.75) is 25.7 Å². The molecule has 0 bridgehead atoms. The number of rotatable bonds is 2. The number of aromatic nitrogens is 3. The van der Waals surface area contributed by atoms with Gasteiger partial charge >= 0.3 is 0 Å². The molecule has 7 heteroatoms. The molecule has 0 aromatic carbocycles. The molecule has 1 atom stereocenters. The van der Waals surface area contributed by atoms with E-state index < -0.39 is 0 Å². The van der Waals surface area contributed by atoms with Crippen molar-refractivity contribution < 1.29 is 4.52 Å². The summed E-state index contributed by atoms with van der Waals surface area (Å²) in [7, 11) is 0. The third kappa shape index (κ3) is 2.74. The van der Waals surface area contributed by atoms with Crippen molar-refractivity contribution in [2.75, 3.05) is 18.0 Å². The summed E-state index contributed by atoms with van der Waals surface area (Å²) in [5, 5.41) is 4.97. The Kier molecular flexibility index (Phi) is 3.81. The molecule has 1 unspecified atom stereocenters. The normalized spacial score (nSPS) is 19.4. The molecule has 0 radical (unpaired) electrons. The third-order valence-corrected chi connectivity index (χ3v) is 3.89. The molecule has 1 fully saturated rings. The average Bonchev–Trinajstić information content (AvgIpc) is 2.86. The molecule has 1 aliphatic rings. The molecule has 5 nitrogen and oxygen atoms in total. The van der Waals surface area contributed by atoms with Crippen molar-refractivity contribution in [3.63, 3.8) is 0 Å². The first-order chi connectivity index (χ1) is 9.63. The maximum atomic E-state index is 6.22. The van der Waals surface area contributed by atoms with E-state index in [9.17, 15) is 0 Å². The number of pyridine rings is 1. The molecule has 2 aromatic rings. The van der Waals surface area contributed by atoms with Gasteiger partial charge in [0.1, 0.15) is 5.82 Å². The number of aryl methyl sites for hydroxylation is 1. The third-order valence-electron chi connectivity index (χ3n) is 3.40. The molecular formula is C13H14Cl2N4O. The van der Waals surface area contributed by atoms with Gasteiger partial charge in [-0.05, 0) is 25.8 Å². The molecule has 1 saturated heterocycles.